The highest BCUT2D eigenvalue weighted by atomic mass is 79.9. The number of hydrogen-bond acceptors (Lipinski definition) is 6. The fraction of sp³-hybridized carbons (Fsp3) is 0.500. The second-order valence-corrected chi connectivity index (χ2v) is 7.10. The number of carboxylic acids is 1. The summed E-state index contributed by atoms with van der Waals surface area (Å²) in [5.74, 6) is -1.09. The van der Waals surface area contributed by atoms with E-state index in [1.807, 2.05) is 6.20 Å². The molecule has 4 rings (SSSR count). The highest BCUT2D eigenvalue weighted by Gasteiger charge is 2.38. The molecule has 11 heteroatoms. The highest BCUT2D eigenvalue weighted by molar-refractivity contribution is 9.10. The van der Waals surface area contributed by atoms with E-state index in [9.17, 15) is 13.2 Å². The quantitative estimate of drug-likeness (QED) is 0.769. The summed E-state index contributed by atoms with van der Waals surface area (Å²) >= 11 is 3.52. The molecule has 0 spiro atoms. The van der Waals surface area contributed by atoms with Gasteiger partial charge < -0.3 is 9.63 Å². The smallest absolute Gasteiger partial charge is 0.475 e. The van der Waals surface area contributed by atoms with Gasteiger partial charge in [0.2, 0.25) is 0 Å². The molecule has 0 atom stereocenters. The molecule has 7 nitrogen and oxygen atoms in total. The molecule has 1 N–H and O–H groups in total. The Hall–Kier alpha value is -2.01. The van der Waals surface area contributed by atoms with Gasteiger partial charge in [-0.25, -0.2) is 14.8 Å². The molecule has 0 radical (unpaired) electrons. The molecule has 146 valence electrons. The summed E-state index contributed by atoms with van der Waals surface area (Å²) < 4.78 is 38.1. The Morgan fingerprint density at radius 2 is 2.11 bits per heavy atom. The lowest BCUT2D eigenvalue weighted by Gasteiger charge is -2.27. The van der Waals surface area contributed by atoms with E-state index in [2.05, 4.69) is 36.0 Å². The Labute approximate surface area is 160 Å². The molecule has 0 unspecified atom stereocenters. The lowest BCUT2D eigenvalue weighted by molar-refractivity contribution is -0.192. The zero-order valence-corrected chi connectivity index (χ0v) is 15.6. The first-order valence-electron chi connectivity index (χ1n) is 8.20. The first-order chi connectivity index (χ1) is 12.8. The average molecular weight is 449 g/mol. The van der Waals surface area contributed by atoms with Crippen LogP contribution in [0.25, 0.3) is 0 Å². The number of carboxylic acid groups (broad SMARTS) is 1. The Bertz CT molecular complexity index is 823. The molecular weight excluding hydrogens is 433 g/mol. The van der Waals surface area contributed by atoms with Gasteiger partial charge in [-0.2, -0.15) is 13.2 Å². The van der Waals surface area contributed by atoms with Gasteiger partial charge in [-0.15, -0.1) is 0 Å². The van der Waals surface area contributed by atoms with Crippen LogP contribution in [0.15, 0.2) is 21.7 Å². The monoisotopic (exact) mass is 448 g/mol. The number of rotatable bonds is 3. The van der Waals surface area contributed by atoms with Crippen molar-refractivity contribution in [1.82, 2.24) is 20.0 Å². The van der Waals surface area contributed by atoms with Crippen LogP contribution in [-0.4, -0.2) is 43.8 Å². The van der Waals surface area contributed by atoms with Crippen molar-refractivity contribution in [3.63, 3.8) is 0 Å². The maximum absolute atomic E-state index is 10.6. The predicted octanol–water partition coefficient (Wildman–Crippen LogP) is 3.30. The molecule has 0 amide bonds. The summed E-state index contributed by atoms with van der Waals surface area (Å²) in [4.78, 5) is 19.8. The van der Waals surface area contributed by atoms with Crippen LogP contribution < -0.4 is 0 Å². The lowest BCUT2D eigenvalue weighted by atomic mass is 10.1. The van der Waals surface area contributed by atoms with Crippen LogP contribution in [0.2, 0.25) is 0 Å². The van der Waals surface area contributed by atoms with Crippen molar-refractivity contribution in [3.8, 4) is 0 Å². The van der Waals surface area contributed by atoms with Gasteiger partial charge in [0, 0.05) is 55.0 Å². The van der Waals surface area contributed by atoms with E-state index in [1.165, 1.54) is 29.7 Å². The number of halogens is 4. The van der Waals surface area contributed by atoms with Crippen molar-refractivity contribution in [2.45, 2.75) is 44.4 Å². The van der Waals surface area contributed by atoms with Gasteiger partial charge in [-0.1, -0.05) is 5.16 Å². The maximum Gasteiger partial charge on any atom is 0.490 e. The summed E-state index contributed by atoms with van der Waals surface area (Å²) in [6, 6.07) is 0. The maximum atomic E-state index is 10.6. The van der Waals surface area contributed by atoms with Crippen molar-refractivity contribution in [3.05, 3.63) is 39.7 Å². The van der Waals surface area contributed by atoms with Crippen molar-refractivity contribution in [1.29, 1.82) is 0 Å². The summed E-state index contributed by atoms with van der Waals surface area (Å²) in [5, 5.41) is 11.2. The topological polar surface area (TPSA) is 92.4 Å². The predicted molar refractivity (Wildman–Crippen MR) is 89.7 cm³/mol. The van der Waals surface area contributed by atoms with Crippen LogP contribution in [0, 0.1) is 0 Å². The van der Waals surface area contributed by atoms with Gasteiger partial charge in [0.15, 0.2) is 4.60 Å². The van der Waals surface area contributed by atoms with E-state index in [0.717, 1.165) is 36.4 Å². The Morgan fingerprint density at radius 3 is 2.74 bits per heavy atom. The summed E-state index contributed by atoms with van der Waals surface area (Å²) in [6.07, 6.45) is 1.92. The van der Waals surface area contributed by atoms with Crippen LogP contribution in [0.5, 0.6) is 0 Å². The molecule has 2 aliphatic rings. The SMILES string of the molecule is Brc1noc(C2CC2)c1CN1CCc2ncncc2C1.O=C(O)C(F)(F)F. The second-order valence-electron chi connectivity index (χ2n) is 6.35. The Morgan fingerprint density at radius 1 is 1.41 bits per heavy atom. The molecule has 3 heterocycles. The fourth-order valence-electron chi connectivity index (χ4n) is 2.79. The van der Waals surface area contributed by atoms with Crippen LogP contribution in [0.3, 0.4) is 0 Å². The number of carbonyl (C=O) groups is 1. The van der Waals surface area contributed by atoms with Gasteiger partial charge >= 0.3 is 12.1 Å². The molecule has 2 aromatic rings. The van der Waals surface area contributed by atoms with Crippen molar-refractivity contribution < 1.29 is 27.6 Å². The lowest BCUT2D eigenvalue weighted by Crippen LogP contribution is -2.31. The number of aromatic nitrogens is 3. The van der Waals surface area contributed by atoms with E-state index in [4.69, 9.17) is 14.4 Å². The number of nitrogens with zero attached hydrogens (tertiary/aromatic N) is 4. The minimum Gasteiger partial charge on any atom is -0.475 e. The van der Waals surface area contributed by atoms with Crippen molar-refractivity contribution in [2.24, 2.45) is 0 Å². The number of hydrogen-bond donors (Lipinski definition) is 1. The molecule has 1 aliphatic heterocycles. The van der Waals surface area contributed by atoms with Crippen molar-refractivity contribution in [2.75, 3.05) is 6.54 Å². The van der Waals surface area contributed by atoms with Crippen LogP contribution >= 0.6 is 15.9 Å². The summed E-state index contributed by atoms with van der Waals surface area (Å²) in [7, 11) is 0. The molecule has 1 saturated carbocycles. The van der Waals surface area contributed by atoms with Gasteiger partial charge in [-0.05, 0) is 28.8 Å². The minimum absolute atomic E-state index is 0.587. The van der Waals surface area contributed by atoms with E-state index < -0.39 is 12.1 Å². The Balaban J connectivity index is 0.000000260. The van der Waals surface area contributed by atoms with Crippen LogP contribution in [-0.2, 0) is 24.3 Å². The van der Waals surface area contributed by atoms with E-state index in [-0.39, 0.29) is 0 Å². The third-order valence-electron chi connectivity index (χ3n) is 4.28. The van der Waals surface area contributed by atoms with Crippen molar-refractivity contribution >= 4 is 21.9 Å². The Kier molecular flexibility index (Phi) is 5.80. The second kappa shape index (κ2) is 7.93. The molecule has 2 aromatic heterocycles. The molecule has 1 aliphatic carbocycles. The molecule has 0 saturated heterocycles. The van der Waals surface area contributed by atoms with E-state index in [0.29, 0.717) is 5.92 Å². The number of aliphatic carboxylic acids is 1. The zero-order valence-electron chi connectivity index (χ0n) is 14.0. The van der Waals surface area contributed by atoms with E-state index >= 15 is 0 Å². The number of alkyl halides is 3. The van der Waals surface area contributed by atoms with Gasteiger partial charge in [0.05, 0.1) is 0 Å². The molecule has 0 aromatic carbocycles. The third-order valence-corrected chi connectivity index (χ3v) is 4.91. The van der Waals surface area contributed by atoms with Gasteiger partial charge in [0.1, 0.15) is 12.1 Å². The molecule has 27 heavy (non-hydrogen) atoms. The van der Waals surface area contributed by atoms with Gasteiger partial charge in [-0.3, -0.25) is 4.90 Å². The fourth-order valence-corrected chi connectivity index (χ4v) is 3.19. The minimum atomic E-state index is -5.08. The number of fused-ring (bicyclic) bond motifs is 1. The summed E-state index contributed by atoms with van der Waals surface area (Å²) in [6.45, 7) is 2.80. The normalized spacial score (nSPS) is 17.0. The highest BCUT2D eigenvalue weighted by Crippen LogP contribution is 2.43. The molecular formula is C16H16BrF3N4O3. The van der Waals surface area contributed by atoms with Crippen LogP contribution in [0.4, 0.5) is 13.2 Å². The standard InChI is InChI=1S/C14H15BrN4O.C2HF3O2/c15-14-11(13(20-18-14)9-1-2-9)7-19-4-3-12-10(6-19)5-16-8-17-12;3-2(4,5)1(6)7/h5,8-9H,1-4,6-7H2;(H,6,7). The average Bonchev–Trinajstić information content (AvgIpc) is 3.40. The van der Waals surface area contributed by atoms with Crippen LogP contribution in [0.1, 0.15) is 41.3 Å². The summed E-state index contributed by atoms with van der Waals surface area (Å²) in [5.41, 5.74) is 3.63. The molecule has 0 bridgehead atoms. The van der Waals surface area contributed by atoms with E-state index in [1.54, 1.807) is 6.33 Å². The third kappa shape index (κ3) is 5.04. The van der Waals surface area contributed by atoms with Gasteiger partial charge in [0.25, 0.3) is 0 Å². The first-order valence-corrected chi connectivity index (χ1v) is 8.99. The first kappa shape index (κ1) is 19.7. The largest absolute Gasteiger partial charge is 0.490 e. The molecule has 1 fully saturated rings. The zero-order chi connectivity index (χ0) is 19.6.